The van der Waals surface area contributed by atoms with Gasteiger partial charge in [0.2, 0.25) is 12.7 Å². The Morgan fingerprint density at radius 2 is 1.83 bits per heavy atom. The van der Waals surface area contributed by atoms with Crippen LogP contribution in [-0.2, 0) is 19.9 Å². The second kappa shape index (κ2) is 9.45. The molecular weight excluding hydrogens is 384 g/mol. The van der Waals surface area contributed by atoms with Crippen LogP contribution in [0.5, 0.6) is 11.5 Å². The molecule has 0 saturated heterocycles. The van der Waals surface area contributed by atoms with Gasteiger partial charge in [0.1, 0.15) is 0 Å². The highest BCUT2D eigenvalue weighted by Gasteiger charge is 2.24. The average Bonchev–Trinajstić information content (AvgIpc) is 3.20. The Labute approximate surface area is 176 Å². The number of hydrogen-bond donors (Lipinski definition) is 2. The van der Waals surface area contributed by atoms with Crippen LogP contribution in [0.2, 0.25) is 0 Å². The molecule has 1 heterocycles. The van der Waals surface area contributed by atoms with Crippen molar-refractivity contribution in [2.75, 3.05) is 25.3 Å². The number of benzene rings is 2. The van der Waals surface area contributed by atoms with Gasteiger partial charge in [-0.15, -0.1) is 0 Å². The van der Waals surface area contributed by atoms with Gasteiger partial charge in [0.25, 0.3) is 0 Å². The summed E-state index contributed by atoms with van der Waals surface area (Å²) in [7, 11) is 0. The molecule has 0 saturated carbocycles. The molecule has 7 nitrogen and oxygen atoms in total. The third kappa shape index (κ3) is 5.61. The highest BCUT2D eigenvalue weighted by Crippen LogP contribution is 2.35. The molecule has 3 rings (SSSR count). The number of carbonyl (C=O) groups is 2. The Balaban J connectivity index is 1.52. The second-order valence-corrected chi connectivity index (χ2v) is 7.30. The lowest BCUT2D eigenvalue weighted by Crippen LogP contribution is -2.41. The summed E-state index contributed by atoms with van der Waals surface area (Å²) in [5, 5.41) is 6.13. The monoisotopic (exact) mass is 410 g/mol. The molecule has 1 aliphatic rings. The lowest BCUT2D eigenvalue weighted by Gasteiger charge is -2.27. The van der Waals surface area contributed by atoms with Gasteiger partial charge >= 0.3 is 5.97 Å². The van der Waals surface area contributed by atoms with Crippen LogP contribution in [0.15, 0.2) is 48.5 Å². The van der Waals surface area contributed by atoms with Crippen molar-refractivity contribution in [3.05, 3.63) is 59.7 Å². The number of esters is 1. The number of fused-ring (bicyclic) bond motifs is 1. The maximum Gasteiger partial charge on any atom is 0.330 e. The zero-order valence-electron chi connectivity index (χ0n) is 17.4. The van der Waals surface area contributed by atoms with E-state index < -0.39 is 5.54 Å². The van der Waals surface area contributed by atoms with E-state index in [0.717, 1.165) is 16.9 Å². The molecule has 0 unspecified atom stereocenters. The molecule has 0 aliphatic carbocycles. The Hall–Kier alpha value is -3.32. The minimum Gasteiger partial charge on any atom is -0.463 e. The van der Waals surface area contributed by atoms with Crippen LogP contribution in [-0.4, -0.2) is 31.8 Å². The minimum atomic E-state index is -0.430. The summed E-state index contributed by atoms with van der Waals surface area (Å²) in [5.41, 5.74) is 2.08. The van der Waals surface area contributed by atoms with E-state index in [0.29, 0.717) is 18.0 Å². The van der Waals surface area contributed by atoms with Gasteiger partial charge in [0.05, 0.1) is 13.2 Å². The summed E-state index contributed by atoms with van der Waals surface area (Å²) in [6, 6.07) is 13.0. The van der Waals surface area contributed by atoms with Gasteiger partial charge in [-0.2, -0.15) is 0 Å². The molecule has 0 aromatic heterocycles. The maximum atomic E-state index is 12.4. The summed E-state index contributed by atoms with van der Waals surface area (Å²) in [4.78, 5) is 23.7. The van der Waals surface area contributed by atoms with E-state index in [-0.39, 0.29) is 25.2 Å². The first-order valence-corrected chi connectivity index (χ1v) is 9.77. The van der Waals surface area contributed by atoms with Crippen molar-refractivity contribution in [3.8, 4) is 11.5 Å². The smallest absolute Gasteiger partial charge is 0.330 e. The van der Waals surface area contributed by atoms with Crippen LogP contribution >= 0.6 is 0 Å². The van der Waals surface area contributed by atoms with Gasteiger partial charge < -0.3 is 19.5 Å². The molecule has 2 N–H and O–H groups in total. The van der Waals surface area contributed by atoms with Gasteiger partial charge in [-0.3, -0.25) is 10.1 Å². The first kappa shape index (κ1) is 21.4. The quantitative estimate of drug-likeness (QED) is 0.512. The Bertz CT molecular complexity index is 935. The van der Waals surface area contributed by atoms with E-state index in [1.54, 1.807) is 25.1 Å². The fourth-order valence-electron chi connectivity index (χ4n) is 2.93. The zero-order valence-corrected chi connectivity index (χ0v) is 17.4. The Morgan fingerprint density at radius 1 is 1.10 bits per heavy atom. The van der Waals surface area contributed by atoms with Gasteiger partial charge in [-0.1, -0.05) is 18.2 Å². The molecular formula is C23H26N2O5. The van der Waals surface area contributed by atoms with E-state index >= 15 is 0 Å². The van der Waals surface area contributed by atoms with Crippen molar-refractivity contribution >= 4 is 23.6 Å². The lowest BCUT2D eigenvalue weighted by atomic mass is 9.94. The number of anilines is 1. The van der Waals surface area contributed by atoms with Crippen molar-refractivity contribution in [1.82, 2.24) is 5.32 Å². The summed E-state index contributed by atoms with van der Waals surface area (Å²) in [5.74, 6) is 0.904. The van der Waals surface area contributed by atoms with E-state index in [4.69, 9.17) is 14.2 Å². The number of carbonyl (C=O) groups excluding carboxylic acids is 2. The number of hydrogen-bond acceptors (Lipinski definition) is 6. The van der Waals surface area contributed by atoms with Gasteiger partial charge in [-0.25, -0.2) is 4.79 Å². The molecule has 30 heavy (non-hydrogen) atoms. The fourth-order valence-corrected chi connectivity index (χ4v) is 2.93. The summed E-state index contributed by atoms with van der Waals surface area (Å²) >= 11 is 0. The van der Waals surface area contributed by atoms with E-state index in [1.807, 2.05) is 44.2 Å². The first-order chi connectivity index (χ1) is 14.4. The van der Waals surface area contributed by atoms with Crippen LogP contribution in [0.1, 0.15) is 31.9 Å². The summed E-state index contributed by atoms with van der Waals surface area (Å²) in [6.45, 7) is 6.48. The number of rotatable bonds is 8. The highest BCUT2D eigenvalue weighted by atomic mass is 16.7. The average molecular weight is 410 g/mol. The van der Waals surface area contributed by atoms with Crippen LogP contribution in [0.3, 0.4) is 0 Å². The van der Waals surface area contributed by atoms with Crippen molar-refractivity contribution in [3.63, 3.8) is 0 Å². The molecule has 2 aromatic carbocycles. The predicted molar refractivity (Wildman–Crippen MR) is 114 cm³/mol. The van der Waals surface area contributed by atoms with Crippen molar-refractivity contribution in [2.45, 2.75) is 26.3 Å². The third-order valence-corrected chi connectivity index (χ3v) is 4.68. The standard InChI is InChI=1S/C23H26N2O5/c1-4-28-22(27)12-7-16-5-9-18(10-6-16)25-21(26)14-24-23(2,3)17-8-11-19-20(13-17)30-15-29-19/h5-13,24H,4,14-15H2,1-3H3,(H,25,26)/b12-7+. The van der Waals surface area contributed by atoms with Gasteiger partial charge in [0, 0.05) is 17.3 Å². The van der Waals surface area contributed by atoms with Crippen LogP contribution in [0.25, 0.3) is 6.08 Å². The first-order valence-electron chi connectivity index (χ1n) is 9.77. The summed E-state index contributed by atoms with van der Waals surface area (Å²) < 4.78 is 15.6. The topological polar surface area (TPSA) is 85.9 Å². The minimum absolute atomic E-state index is 0.145. The van der Waals surface area contributed by atoms with Crippen LogP contribution in [0.4, 0.5) is 5.69 Å². The lowest BCUT2D eigenvalue weighted by molar-refractivity contribution is -0.137. The van der Waals surface area contributed by atoms with Crippen molar-refractivity contribution < 1.29 is 23.8 Å². The number of amides is 1. The molecule has 0 spiro atoms. The highest BCUT2D eigenvalue weighted by molar-refractivity contribution is 5.92. The molecule has 2 aromatic rings. The molecule has 0 fully saturated rings. The van der Waals surface area contributed by atoms with Crippen LogP contribution < -0.4 is 20.1 Å². The summed E-state index contributed by atoms with van der Waals surface area (Å²) in [6.07, 6.45) is 3.04. The van der Waals surface area contributed by atoms with Crippen LogP contribution in [0, 0.1) is 0 Å². The molecule has 1 aliphatic heterocycles. The zero-order chi connectivity index (χ0) is 21.6. The molecule has 0 bridgehead atoms. The maximum absolute atomic E-state index is 12.4. The van der Waals surface area contributed by atoms with E-state index in [2.05, 4.69) is 10.6 Å². The third-order valence-electron chi connectivity index (χ3n) is 4.68. The van der Waals surface area contributed by atoms with Crippen molar-refractivity contribution in [1.29, 1.82) is 0 Å². The molecule has 158 valence electrons. The number of nitrogens with one attached hydrogen (secondary N) is 2. The predicted octanol–water partition coefficient (Wildman–Crippen LogP) is 3.46. The fraction of sp³-hybridized carbons (Fsp3) is 0.304. The molecule has 7 heteroatoms. The largest absolute Gasteiger partial charge is 0.463 e. The van der Waals surface area contributed by atoms with Gasteiger partial charge in [-0.05, 0) is 62.2 Å². The normalized spacial score (nSPS) is 12.8. The molecule has 0 atom stereocenters. The SMILES string of the molecule is CCOC(=O)/C=C/c1ccc(NC(=O)CNC(C)(C)c2ccc3c(c2)OCO3)cc1. The van der Waals surface area contributed by atoms with Gasteiger partial charge in [0.15, 0.2) is 11.5 Å². The Kier molecular flexibility index (Phi) is 6.74. The molecule has 1 amide bonds. The molecule has 0 radical (unpaired) electrons. The van der Waals surface area contributed by atoms with E-state index in [9.17, 15) is 9.59 Å². The second-order valence-electron chi connectivity index (χ2n) is 7.30. The number of ether oxygens (including phenoxy) is 3. The Morgan fingerprint density at radius 3 is 2.57 bits per heavy atom. The van der Waals surface area contributed by atoms with E-state index in [1.165, 1.54) is 6.08 Å². The van der Waals surface area contributed by atoms with Crippen molar-refractivity contribution in [2.24, 2.45) is 0 Å².